The number of nitrogens with zero attached hydrogens (tertiary/aromatic N) is 2. The number of aliphatic carboxylic acids is 1. The van der Waals surface area contributed by atoms with Crippen LogP contribution in [0.25, 0.3) is 0 Å². The summed E-state index contributed by atoms with van der Waals surface area (Å²) in [6.45, 7) is 0.281. The molecular weight excluding hydrogens is 220 g/mol. The molecule has 0 saturated carbocycles. The third-order valence-corrected chi connectivity index (χ3v) is 2.43. The molecule has 5 nitrogen and oxygen atoms in total. The normalized spacial score (nSPS) is 12.1. The average Bonchev–Trinajstić information content (AvgIpc) is 2.27. The summed E-state index contributed by atoms with van der Waals surface area (Å²) in [7, 11) is 1.68. The molecule has 0 saturated heterocycles. The number of carboxylic acid groups (broad SMARTS) is 1. The fourth-order valence-corrected chi connectivity index (χ4v) is 1.52. The molecule has 17 heavy (non-hydrogen) atoms. The molecule has 1 aromatic carbocycles. The fourth-order valence-electron chi connectivity index (χ4n) is 1.52. The van der Waals surface area contributed by atoms with Gasteiger partial charge in [0.05, 0.1) is 12.5 Å². The van der Waals surface area contributed by atoms with Crippen LogP contribution < -0.4 is 0 Å². The van der Waals surface area contributed by atoms with Gasteiger partial charge in [-0.15, -0.1) is 0 Å². The minimum Gasteiger partial charge on any atom is -0.508 e. The van der Waals surface area contributed by atoms with E-state index in [4.69, 9.17) is 10.4 Å². The van der Waals surface area contributed by atoms with Gasteiger partial charge in [0.1, 0.15) is 11.8 Å². The van der Waals surface area contributed by atoms with Gasteiger partial charge in [0.2, 0.25) is 0 Å². The second kappa shape index (κ2) is 5.87. The van der Waals surface area contributed by atoms with E-state index in [1.807, 2.05) is 0 Å². The van der Waals surface area contributed by atoms with E-state index in [2.05, 4.69) is 6.07 Å². The standard InChI is InChI=1S/C12H14N2O3/c1-14(6-5-12(16)17)11(8-13)9-3-2-4-10(15)7-9/h2-4,7,11,15H,5-6H2,1H3,(H,16,17). The number of benzene rings is 1. The molecular formula is C12H14N2O3. The number of rotatable bonds is 5. The van der Waals surface area contributed by atoms with Gasteiger partial charge in [0.15, 0.2) is 0 Å². The van der Waals surface area contributed by atoms with E-state index < -0.39 is 12.0 Å². The Morgan fingerprint density at radius 3 is 2.82 bits per heavy atom. The van der Waals surface area contributed by atoms with Gasteiger partial charge < -0.3 is 10.2 Å². The maximum absolute atomic E-state index is 10.5. The Bertz CT molecular complexity index is 440. The molecule has 0 fully saturated rings. The van der Waals surface area contributed by atoms with E-state index in [9.17, 15) is 9.90 Å². The molecule has 1 atom stereocenters. The third kappa shape index (κ3) is 3.78. The Balaban J connectivity index is 2.78. The topological polar surface area (TPSA) is 84.6 Å². The first kappa shape index (κ1) is 13.0. The van der Waals surface area contributed by atoms with Crippen molar-refractivity contribution >= 4 is 5.97 Å². The highest BCUT2D eigenvalue weighted by molar-refractivity contribution is 5.66. The summed E-state index contributed by atoms with van der Waals surface area (Å²) in [6, 6.07) is 7.94. The van der Waals surface area contributed by atoms with Crippen LogP contribution in [0.15, 0.2) is 24.3 Å². The van der Waals surface area contributed by atoms with Crippen LogP contribution in [-0.2, 0) is 4.79 Å². The molecule has 0 aliphatic carbocycles. The highest BCUT2D eigenvalue weighted by atomic mass is 16.4. The smallest absolute Gasteiger partial charge is 0.304 e. The Morgan fingerprint density at radius 2 is 2.29 bits per heavy atom. The molecule has 0 heterocycles. The van der Waals surface area contributed by atoms with E-state index in [0.717, 1.165) is 0 Å². The lowest BCUT2D eigenvalue weighted by Gasteiger charge is -2.21. The molecule has 0 spiro atoms. The van der Waals surface area contributed by atoms with Crippen molar-refractivity contribution in [1.29, 1.82) is 5.26 Å². The summed E-state index contributed by atoms with van der Waals surface area (Å²) in [4.78, 5) is 12.1. The first-order valence-electron chi connectivity index (χ1n) is 5.15. The predicted octanol–water partition coefficient (Wildman–Crippen LogP) is 1.36. The van der Waals surface area contributed by atoms with Crippen molar-refractivity contribution in [3.63, 3.8) is 0 Å². The summed E-state index contributed by atoms with van der Waals surface area (Å²) < 4.78 is 0. The van der Waals surface area contributed by atoms with Gasteiger partial charge in [-0.3, -0.25) is 9.69 Å². The van der Waals surface area contributed by atoms with Crippen LogP contribution in [0.3, 0.4) is 0 Å². The van der Waals surface area contributed by atoms with E-state index in [1.165, 1.54) is 12.1 Å². The quantitative estimate of drug-likeness (QED) is 0.803. The second-order valence-electron chi connectivity index (χ2n) is 3.75. The number of aromatic hydroxyl groups is 1. The number of nitriles is 1. The summed E-state index contributed by atoms with van der Waals surface area (Å²) >= 11 is 0. The molecule has 90 valence electrons. The summed E-state index contributed by atoms with van der Waals surface area (Å²) in [6.07, 6.45) is -0.0203. The van der Waals surface area contributed by atoms with E-state index in [1.54, 1.807) is 24.1 Å². The highest BCUT2D eigenvalue weighted by Crippen LogP contribution is 2.22. The molecule has 0 radical (unpaired) electrons. The predicted molar refractivity (Wildman–Crippen MR) is 61.3 cm³/mol. The molecule has 5 heteroatoms. The van der Waals surface area contributed by atoms with Crippen molar-refractivity contribution in [1.82, 2.24) is 4.90 Å². The largest absolute Gasteiger partial charge is 0.508 e. The Hall–Kier alpha value is -2.06. The maximum atomic E-state index is 10.5. The number of hydrogen-bond donors (Lipinski definition) is 2. The van der Waals surface area contributed by atoms with Crippen molar-refractivity contribution in [2.75, 3.05) is 13.6 Å². The lowest BCUT2D eigenvalue weighted by Crippen LogP contribution is -2.26. The number of hydrogen-bond acceptors (Lipinski definition) is 4. The molecule has 1 aromatic rings. The molecule has 0 aromatic heterocycles. The number of phenolic OH excluding ortho intramolecular Hbond substituents is 1. The van der Waals surface area contributed by atoms with Crippen LogP contribution in [0.4, 0.5) is 0 Å². The van der Waals surface area contributed by atoms with E-state index in [0.29, 0.717) is 5.56 Å². The van der Waals surface area contributed by atoms with Gasteiger partial charge in [-0.2, -0.15) is 5.26 Å². The van der Waals surface area contributed by atoms with Crippen molar-refractivity contribution in [2.45, 2.75) is 12.5 Å². The zero-order valence-corrected chi connectivity index (χ0v) is 9.50. The van der Waals surface area contributed by atoms with Crippen molar-refractivity contribution in [2.24, 2.45) is 0 Å². The molecule has 0 bridgehead atoms. The van der Waals surface area contributed by atoms with Gasteiger partial charge >= 0.3 is 5.97 Å². The summed E-state index contributed by atoms with van der Waals surface area (Å²) in [5, 5.41) is 27.0. The van der Waals surface area contributed by atoms with E-state index in [-0.39, 0.29) is 18.7 Å². The summed E-state index contributed by atoms with van der Waals surface area (Å²) in [5.41, 5.74) is 0.653. The monoisotopic (exact) mass is 234 g/mol. The molecule has 2 N–H and O–H groups in total. The van der Waals surface area contributed by atoms with Crippen LogP contribution >= 0.6 is 0 Å². The van der Waals surface area contributed by atoms with Crippen LogP contribution in [0, 0.1) is 11.3 Å². The number of phenols is 1. The lowest BCUT2D eigenvalue weighted by molar-refractivity contribution is -0.137. The van der Waals surface area contributed by atoms with Crippen molar-refractivity contribution in [3.05, 3.63) is 29.8 Å². The van der Waals surface area contributed by atoms with E-state index >= 15 is 0 Å². The molecule has 1 unspecified atom stereocenters. The van der Waals surface area contributed by atoms with Crippen LogP contribution in [0.5, 0.6) is 5.75 Å². The highest BCUT2D eigenvalue weighted by Gasteiger charge is 2.17. The molecule has 0 amide bonds. The van der Waals surface area contributed by atoms with Crippen LogP contribution in [0.1, 0.15) is 18.0 Å². The number of carbonyl (C=O) groups is 1. The minimum absolute atomic E-state index is 0.0203. The van der Waals surface area contributed by atoms with Gasteiger partial charge in [0.25, 0.3) is 0 Å². The van der Waals surface area contributed by atoms with Gasteiger partial charge in [-0.1, -0.05) is 12.1 Å². The van der Waals surface area contributed by atoms with Gasteiger partial charge in [-0.05, 0) is 24.7 Å². The van der Waals surface area contributed by atoms with Gasteiger partial charge in [-0.25, -0.2) is 0 Å². The van der Waals surface area contributed by atoms with Crippen molar-refractivity contribution < 1.29 is 15.0 Å². The minimum atomic E-state index is -0.899. The third-order valence-electron chi connectivity index (χ3n) is 2.43. The summed E-state index contributed by atoms with van der Waals surface area (Å²) in [5.74, 6) is -0.807. The van der Waals surface area contributed by atoms with Gasteiger partial charge in [0, 0.05) is 6.54 Å². The first-order chi connectivity index (χ1) is 8.04. The molecule has 0 aliphatic heterocycles. The van der Waals surface area contributed by atoms with Crippen LogP contribution in [0.2, 0.25) is 0 Å². The van der Waals surface area contributed by atoms with Crippen molar-refractivity contribution in [3.8, 4) is 11.8 Å². The maximum Gasteiger partial charge on any atom is 0.304 e. The SMILES string of the molecule is CN(CCC(=O)O)C(C#N)c1cccc(O)c1. The second-order valence-corrected chi connectivity index (χ2v) is 3.75. The Kier molecular flexibility index (Phi) is 4.49. The Morgan fingerprint density at radius 1 is 1.59 bits per heavy atom. The molecule has 0 aliphatic rings. The zero-order chi connectivity index (χ0) is 12.8. The fraction of sp³-hybridized carbons (Fsp3) is 0.333. The Labute approximate surface area is 99.5 Å². The molecule has 1 rings (SSSR count). The zero-order valence-electron chi connectivity index (χ0n) is 9.50. The first-order valence-corrected chi connectivity index (χ1v) is 5.15. The number of carboxylic acids is 1. The average molecular weight is 234 g/mol. The van der Waals surface area contributed by atoms with Crippen LogP contribution in [-0.4, -0.2) is 34.7 Å². The lowest BCUT2D eigenvalue weighted by atomic mass is 10.1.